The molecule has 0 aliphatic carbocycles. The van der Waals surface area contributed by atoms with Crippen molar-refractivity contribution in [1.29, 1.82) is 0 Å². The molecule has 1 atom stereocenters. The van der Waals surface area contributed by atoms with E-state index in [-0.39, 0.29) is 23.6 Å². The van der Waals surface area contributed by atoms with Crippen LogP contribution in [0.2, 0.25) is 0 Å². The highest BCUT2D eigenvalue weighted by Crippen LogP contribution is 2.28. The van der Waals surface area contributed by atoms with Crippen LogP contribution in [0, 0.1) is 5.92 Å². The highest BCUT2D eigenvalue weighted by Gasteiger charge is 2.24. The predicted molar refractivity (Wildman–Crippen MR) is 88.4 cm³/mol. The molecule has 0 bridgehead atoms. The molecule has 0 spiro atoms. The Balaban J connectivity index is 3.02. The number of hydrogen-bond acceptors (Lipinski definition) is 4. The number of amides is 3. The molecule has 0 aromatic heterocycles. The second kappa shape index (κ2) is 8.17. The monoisotopic (exact) mass is 321 g/mol. The number of anilines is 2. The molecule has 1 rings (SSSR count). The van der Waals surface area contributed by atoms with Gasteiger partial charge in [0.25, 0.3) is 0 Å². The summed E-state index contributed by atoms with van der Waals surface area (Å²) in [4.78, 5) is 34.8. The molecule has 0 saturated carbocycles. The maximum atomic E-state index is 12.4. The molecule has 7 heteroatoms. The van der Waals surface area contributed by atoms with Gasteiger partial charge in [0.15, 0.2) is 0 Å². The fourth-order valence-electron chi connectivity index (χ4n) is 2.05. The molecule has 0 saturated heterocycles. The Morgan fingerprint density at radius 1 is 1.04 bits per heavy atom. The van der Waals surface area contributed by atoms with Gasteiger partial charge in [-0.15, -0.1) is 0 Å². The minimum atomic E-state index is -0.665. The van der Waals surface area contributed by atoms with Gasteiger partial charge in [-0.3, -0.25) is 14.4 Å². The van der Waals surface area contributed by atoms with Gasteiger partial charge in [0, 0.05) is 19.5 Å². The zero-order valence-electron chi connectivity index (χ0n) is 14.0. The summed E-state index contributed by atoms with van der Waals surface area (Å²) in [7, 11) is 1.48. The maximum Gasteiger partial charge on any atom is 0.247 e. The minimum Gasteiger partial charge on any atom is -0.495 e. The summed E-state index contributed by atoms with van der Waals surface area (Å²) in [6.07, 6.45) is 0. The van der Waals surface area contributed by atoms with Gasteiger partial charge in [-0.05, 0) is 24.1 Å². The van der Waals surface area contributed by atoms with Gasteiger partial charge in [0.1, 0.15) is 11.8 Å². The average molecular weight is 321 g/mol. The molecule has 3 N–H and O–H groups in total. The SMILES string of the molecule is COc1ccc(NC(C)=O)cc1NC(=O)C(NC(C)=O)C(C)C. The topological polar surface area (TPSA) is 96.5 Å². The normalized spacial score (nSPS) is 11.6. The highest BCUT2D eigenvalue weighted by molar-refractivity contribution is 5.99. The third kappa shape index (κ3) is 5.61. The first-order valence-electron chi connectivity index (χ1n) is 7.28. The van der Waals surface area contributed by atoms with Gasteiger partial charge in [-0.1, -0.05) is 13.8 Å². The number of carbonyl (C=O) groups excluding carboxylic acids is 3. The van der Waals surface area contributed by atoms with Crippen molar-refractivity contribution >= 4 is 29.1 Å². The number of carbonyl (C=O) groups is 3. The van der Waals surface area contributed by atoms with E-state index in [0.717, 1.165) is 0 Å². The van der Waals surface area contributed by atoms with Gasteiger partial charge in [-0.2, -0.15) is 0 Å². The van der Waals surface area contributed by atoms with Crippen LogP contribution in [0.15, 0.2) is 18.2 Å². The Bertz CT molecular complexity index is 599. The second-order valence-electron chi connectivity index (χ2n) is 5.51. The number of nitrogens with one attached hydrogen (secondary N) is 3. The number of benzene rings is 1. The Labute approximate surface area is 135 Å². The van der Waals surface area contributed by atoms with Crippen LogP contribution >= 0.6 is 0 Å². The Hall–Kier alpha value is -2.57. The van der Waals surface area contributed by atoms with E-state index in [1.54, 1.807) is 18.2 Å². The van der Waals surface area contributed by atoms with E-state index in [1.807, 2.05) is 13.8 Å². The lowest BCUT2D eigenvalue weighted by molar-refractivity contribution is -0.126. The molecule has 1 aromatic carbocycles. The van der Waals surface area contributed by atoms with Crippen molar-refractivity contribution in [2.45, 2.75) is 33.7 Å². The van der Waals surface area contributed by atoms with Crippen molar-refractivity contribution in [3.63, 3.8) is 0 Å². The summed E-state index contributed by atoms with van der Waals surface area (Å²) in [6, 6.07) is 4.25. The van der Waals surface area contributed by atoms with E-state index in [2.05, 4.69) is 16.0 Å². The van der Waals surface area contributed by atoms with Gasteiger partial charge in [0.2, 0.25) is 17.7 Å². The minimum absolute atomic E-state index is 0.0802. The first kappa shape index (κ1) is 18.5. The number of ether oxygens (including phenoxy) is 1. The lowest BCUT2D eigenvalue weighted by Gasteiger charge is -2.21. The van der Waals surface area contributed by atoms with Crippen molar-refractivity contribution in [2.75, 3.05) is 17.7 Å². The molecular weight excluding hydrogens is 298 g/mol. The van der Waals surface area contributed by atoms with Gasteiger partial charge in [0.05, 0.1) is 12.8 Å². The molecule has 3 amide bonds. The van der Waals surface area contributed by atoms with E-state index in [9.17, 15) is 14.4 Å². The molecule has 0 aliphatic rings. The van der Waals surface area contributed by atoms with Crippen LogP contribution in [0.3, 0.4) is 0 Å². The Morgan fingerprint density at radius 3 is 2.17 bits per heavy atom. The molecule has 7 nitrogen and oxygen atoms in total. The standard InChI is InChI=1S/C16H23N3O4/c1-9(2)15(18-11(4)21)16(22)19-13-8-12(17-10(3)20)6-7-14(13)23-5/h6-9,15H,1-5H3,(H,17,20)(H,18,21)(H,19,22). The number of methoxy groups -OCH3 is 1. The summed E-state index contributed by atoms with van der Waals surface area (Å²) in [5.74, 6) is -0.474. The third-order valence-corrected chi connectivity index (χ3v) is 3.09. The fourth-order valence-corrected chi connectivity index (χ4v) is 2.05. The predicted octanol–water partition coefficient (Wildman–Crippen LogP) is 1.75. The van der Waals surface area contributed by atoms with E-state index in [4.69, 9.17) is 4.74 Å². The van der Waals surface area contributed by atoms with Crippen LogP contribution in [0.4, 0.5) is 11.4 Å². The summed E-state index contributed by atoms with van der Waals surface area (Å²) in [5, 5.41) is 7.99. The zero-order valence-corrected chi connectivity index (χ0v) is 14.0. The number of hydrogen-bond donors (Lipinski definition) is 3. The average Bonchev–Trinajstić information content (AvgIpc) is 2.43. The molecule has 0 heterocycles. The Morgan fingerprint density at radius 2 is 1.70 bits per heavy atom. The Kier molecular flexibility index (Phi) is 6.56. The molecular formula is C16H23N3O4. The summed E-state index contributed by atoms with van der Waals surface area (Å²) in [6.45, 7) is 6.44. The van der Waals surface area contributed by atoms with Crippen molar-refractivity contribution < 1.29 is 19.1 Å². The van der Waals surface area contributed by atoms with E-state index >= 15 is 0 Å². The summed E-state index contributed by atoms with van der Waals surface area (Å²) >= 11 is 0. The molecule has 1 unspecified atom stereocenters. The van der Waals surface area contributed by atoms with Gasteiger partial charge < -0.3 is 20.7 Å². The second-order valence-corrected chi connectivity index (χ2v) is 5.51. The lowest BCUT2D eigenvalue weighted by atomic mass is 10.0. The van der Waals surface area contributed by atoms with Crippen LogP contribution in [0.5, 0.6) is 5.75 Å². The van der Waals surface area contributed by atoms with E-state index < -0.39 is 6.04 Å². The molecule has 0 aliphatic heterocycles. The van der Waals surface area contributed by atoms with Crippen LogP contribution < -0.4 is 20.7 Å². The first-order chi connectivity index (χ1) is 10.7. The van der Waals surface area contributed by atoms with Crippen molar-refractivity contribution in [1.82, 2.24) is 5.32 Å². The van der Waals surface area contributed by atoms with Crippen molar-refractivity contribution in [2.24, 2.45) is 5.92 Å². The van der Waals surface area contributed by atoms with Gasteiger partial charge in [-0.25, -0.2) is 0 Å². The first-order valence-corrected chi connectivity index (χ1v) is 7.28. The number of rotatable bonds is 6. The largest absolute Gasteiger partial charge is 0.495 e. The highest BCUT2D eigenvalue weighted by atomic mass is 16.5. The van der Waals surface area contributed by atoms with Crippen LogP contribution in [0.25, 0.3) is 0 Å². The smallest absolute Gasteiger partial charge is 0.247 e. The third-order valence-electron chi connectivity index (χ3n) is 3.09. The zero-order chi connectivity index (χ0) is 17.6. The maximum absolute atomic E-state index is 12.4. The summed E-state index contributed by atoms with van der Waals surface area (Å²) < 4.78 is 5.21. The van der Waals surface area contributed by atoms with Crippen molar-refractivity contribution in [3.8, 4) is 5.75 Å². The summed E-state index contributed by atoms with van der Waals surface area (Å²) in [5.41, 5.74) is 0.953. The van der Waals surface area contributed by atoms with Crippen LogP contribution in [0.1, 0.15) is 27.7 Å². The molecule has 1 aromatic rings. The molecule has 0 radical (unpaired) electrons. The fraction of sp³-hybridized carbons (Fsp3) is 0.438. The van der Waals surface area contributed by atoms with Crippen LogP contribution in [-0.2, 0) is 14.4 Å². The van der Waals surface area contributed by atoms with Gasteiger partial charge >= 0.3 is 0 Å². The van der Waals surface area contributed by atoms with Crippen LogP contribution in [-0.4, -0.2) is 30.9 Å². The lowest BCUT2D eigenvalue weighted by Crippen LogP contribution is -2.46. The molecule has 126 valence electrons. The van der Waals surface area contributed by atoms with Crippen molar-refractivity contribution in [3.05, 3.63) is 18.2 Å². The molecule has 0 fully saturated rings. The van der Waals surface area contributed by atoms with E-state index in [1.165, 1.54) is 21.0 Å². The van der Waals surface area contributed by atoms with E-state index in [0.29, 0.717) is 17.1 Å². The quantitative estimate of drug-likeness (QED) is 0.743. The molecule has 23 heavy (non-hydrogen) atoms.